The Balaban J connectivity index is 1.07. The summed E-state index contributed by atoms with van der Waals surface area (Å²) in [6.45, 7) is 4.50. The summed E-state index contributed by atoms with van der Waals surface area (Å²) in [5.74, 6) is 3.73. The molecule has 5 nitrogen and oxygen atoms in total. The van der Waals surface area contributed by atoms with Gasteiger partial charge in [-0.1, -0.05) is 48.7 Å². The van der Waals surface area contributed by atoms with E-state index in [-0.39, 0.29) is 11.9 Å². The average molecular weight is 705 g/mol. The first-order valence-electron chi connectivity index (χ1n) is 18.0. The van der Waals surface area contributed by atoms with Crippen molar-refractivity contribution in [2.75, 3.05) is 12.3 Å². The number of hydrogen-bond donors (Lipinski definition) is 1. The van der Waals surface area contributed by atoms with Crippen molar-refractivity contribution in [1.29, 1.82) is 0 Å². The Labute approximate surface area is 298 Å². The molecule has 3 aliphatic carbocycles. The van der Waals surface area contributed by atoms with Crippen LogP contribution in [0.4, 0.5) is 8.78 Å². The highest BCUT2D eigenvalue weighted by Crippen LogP contribution is 2.58. The number of unbranched alkanes of at least 4 members (excludes halogenated alkanes) is 1. The molecule has 9 heteroatoms. The van der Waals surface area contributed by atoms with Gasteiger partial charge in [0.1, 0.15) is 23.3 Å². The monoisotopic (exact) mass is 704 g/mol. The van der Waals surface area contributed by atoms with Gasteiger partial charge in [0.15, 0.2) is 0 Å². The fraction of sp³-hybridized carbons (Fsp3) is 0.525. The van der Waals surface area contributed by atoms with Crippen molar-refractivity contribution in [1.82, 2.24) is 9.88 Å². The minimum atomic E-state index is -0.948. The number of alkyl halides is 1. The van der Waals surface area contributed by atoms with Crippen LogP contribution in [0.25, 0.3) is 0 Å². The minimum Gasteiger partial charge on any atom is -0.384 e. The van der Waals surface area contributed by atoms with E-state index in [0.29, 0.717) is 35.1 Å². The third kappa shape index (κ3) is 7.34. The van der Waals surface area contributed by atoms with Crippen molar-refractivity contribution in [2.45, 2.75) is 95.5 Å². The van der Waals surface area contributed by atoms with Crippen LogP contribution in [0.1, 0.15) is 88.9 Å². The SMILES string of the molecule is C/C=C\SCC1=N[C@@H](c2ccc(F)cc2Cl)C(C2=NC(CC(C)F)C=C2)=C2CC(CCCCC3C4CC3CC(O)(c3ccccn3)C4)CN12. The Morgan fingerprint density at radius 1 is 1.14 bits per heavy atom. The second-order valence-electron chi connectivity index (χ2n) is 14.8. The second kappa shape index (κ2) is 14.8. The van der Waals surface area contributed by atoms with Gasteiger partial charge in [0.25, 0.3) is 0 Å². The number of pyridine rings is 1. The van der Waals surface area contributed by atoms with Crippen molar-refractivity contribution in [2.24, 2.45) is 33.7 Å². The summed E-state index contributed by atoms with van der Waals surface area (Å²) in [5, 5.41) is 13.8. The van der Waals surface area contributed by atoms with Gasteiger partial charge in [0, 0.05) is 41.0 Å². The van der Waals surface area contributed by atoms with Gasteiger partial charge in [-0.2, -0.15) is 0 Å². The number of fused-ring (bicyclic) bond motifs is 3. The van der Waals surface area contributed by atoms with Crippen molar-refractivity contribution >= 4 is 34.9 Å². The average Bonchev–Trinajstić information content (AvgIpc) is 3.72. The summed E-state index contributed by atoms with van der Waals surface area (Å²) >= 11 is 8.42. The number of benzene rings is 1. The van der Waals surface area contributed by atoms with E-state index < -0.39 is 17.8 Å². The van der Waals surface area contributed by atoms with Crippen LogP contribution in [0.2, 0.25) is 5.02 Å². The van der Waals surface area contributed by atoms with Crippen LogP contribution in [0.15, 0.2) is 87.5 Å². The molecule has 3 saturated carbocycles. The van der Waals surface area contributed by atoms with E-state index in [0.717, 1.165) is 66.4 Å². The number of allylic oxidation sites excluding steroid dienone is 3. The molecule has 1 aromatic carbocycles. The number of aliphatic hydroxyl groups is 1. The van der Waals surface area contributed by atoms with Crippen LogP contribution < -0.4 is 0 Å². The number of amidine groups is 1. The third-order valence-corrected chi connectivity index (χ3v) is 12.5. The van der Waals surface area contributed by atoms with Gasteiger partial charge in [-0.25, -0.2) is 8.78 Å². The highest BCUT2D eigenvalue weighted by molar-refractivity contribution is 8.02. The van der Waals surface area contributed by atoms with E-state index in [1.807, 2.05) is 43.4 Å². The molecule has 3 aliphatic heterocycles. The number of aliphatic imine (C=N–C) groups is 2. The van der Waals surface area contributed by atoms with Crippen molar-refractivity contribution in [3.05, 3.63) is 99.6 Å². The first-order valence-corrected chi connectivity index (χ1v) is 19.4. The Morgan fingerprint density at radius 3 is 2.69 bits per heavy atom. The van der Waals surface area contributed by atoms with E-state index >= 15 is 0 Å². The van der Waals surface area contributed by atoms with Gasteiger partial charge in [-0.05, 0) is 112 Å². The summed E-state index contributed by atoms with van der Waals surface area (Å²) in [6, 6.07) is 9.80. The molecular formula is C40H47ClF2N4OS. The molecular weight excluding hydrogens is 658 g/mol. The predicted molar refractivity (Wildman–Crippen MR) is 197 cm³/mol. The molecule has 6 aliphatic rings. The van der Waals surface area contributed by atoms with Gasteiger partial charge >= 0.3 is 0 Å². The van der Waals surface area contributed by atoms with E-state index in [9.17, 15) is 13.9 Å². The zero-order valence-electron chi connectivity index (χ0n) is 28.4. The highest BCUT2D eigenvalue weighted by atomic mass is 35.5. The minimum absolute atomic E-state index is 0.209. The molecule has 260 valence electrons. The lowest BCUT2D eigenvalue weighted by molar-refractivity contribution is -0.135. The Bertz CT molecular complexity index is 1660. The fourth-order valence-corrected chi connectivity index (χ4v) is 10.0. The van der Waals surface area contributed by atoms with Crippen LogP contribution in [0, 0.1) is 29.5 Å². The number of thioether (sulfide) groups is 1. The number of aromatic nitrogens is 1. The summed E-state index contributed by atoms with van der Waals surface area (Å²) < 4.78 is 28.2. The van der Waals surface area contributed by atoms with Crippen molar-refractivity contribution < 1.29 is 13.9 Å². The molecule has 4 heterocycles. The first kappa shape index (κ1) is 34.6. The number of hydrogen-bond acceptors (Lipinski definition) is 6. The Morgan fingerprint density at radius 2 is 1.96 bits per heavy atom. The number of rotatable bonds is 13. The summed E-state index contributed by atoms with van der Waals surface area (Å²) in [6.07, 6.45) is 15.8. The second-order valence-corrected chi connectivity index (χ2v) is 16.1. The predicted octanol–water partition coefficient (Wildman–Crippen LogP) is 9.79. The molecule has 2 aromatic rings. The Hall–Kier alpha value is -2.81. The molecule has 1 saturated heterocycles. The molecule has 6 atom stereocenters. The number of nitrogens with zero attached hydrogens (tertiary/aromatic N) is 4. The molecule has 5 unspecified atom stereocenters. The molecule has 1 N–H and O–H groups in total. The first-order chi connectivity index (χ1) is 23.7. The lowest BCUT2D eigenvalue weighted by Crippen LogP contribution is -2.51. The maximum absolute atomic E-state index is 14.2. The van der Waals surface area contributed by atoms with Crippen LogP contribution >= 0.6 is 23.4 Å². The van der Waals surface area contributed by atoms with E-state index in [4.69, 9.17) is 21.6 Å². The van der Waals surface area contributed by atoms with E-state index in [1.165, 1.54) is 43.5 Å². The topological polar surface area (TPSA) is 61.1 Å². The van der Waals surface area contributed by atoms with Crippen LogP contribution in [-0.2, 0) is 5.60 Å². The molecule has 2 bridgehead atoms. The van der Waals surface area contributed by atoms with E-state index in [2.05, 4.69) is 15.3 Å². The zero-order valence-corrected chi connectivity index (χ0v) is 30.0. The van der Waals surface area contributed by atoms with E-state index in [1.54, 1.807) is 30.9 Å². The summed E-state index contributed by atoms with van der Waals surface area (Å²) in [7, 11) is 0. The third-order valence-electron chi connectivity index (χ3n) is 11.3. The van der Waals surface area contributed by atoms with Gasteiger partial charge in [-0.3, -0.25) is 15.0 Å². The smallest absolute Gasteiger partial charge is 0.124 e. The van der Waals surface area contributed by atoms with Crippen LogP contribution in [-0.4, -0.2) is 51.0 Å². The molecule has 8 rings (SSSR count). The van der Waals surface area contributed by atoms with Crippen LogP contribution in [0.5, 0.6) is 0 Å². The molecule has 1 aromatic heterocycles. The molecule has 4 fully saturated rings. The maximum Gasteiger partial charge on any atom is 0.124 e. The lowest BCUT2D eigenvalue weighted by Gasteiger charge is -2.55. The summed E-state index contributed by atoms with van der Waals surface area (Å²) in [4.78, 5) is 17.2. The lowest BCUT2D eigenvalue weighted by atomic mass is 9.51. The normalized spacial score (nSPS) is 31.2. The standard InChI is InChI=1S/C40H47ClF2N4OS/c1-3-16-49-24-37-46-39(32-13-11-29(43)20-33(32)41)38(34-14-12-30(45-34)17-25(2)42)35-18-26(23-47(35)37)8-4-5-9-31-27-19-28(31)22-40(48,21-27)36-10-6-7-15-44-36/h3,6-7,10-16,20,25-28,30-31,39,48H,4-5,8-9,17-19,21-24H2,1-2H3/b16-3-/t25?,26?,27?,28?,30?,31?,39-,40?/m0/s1. The zero-order chi connectivity index (χ0) is 34.1. The Kier molecular flexibility index (Phi) is 10.5. The molecule has 0 amide bonds. The largest absolute Gasteiger partial charge is 0.384 e. The van der Waals surface area contributed by atoms with Crippen LogP contribution in [0.3, 0.4) is 0 Å². The fourth-order valence-electron chi connectivity index (χ4n) is 9.11. The quantitative estimate of drug-likeness (QED) is 0.211. The highest BCUT2D eigenvalue weighted by Gasteiger charge is 2.53. The van der Waals surface area contributed by atoms with Gasteiger partial charge < -0.3 is 10.0 Å². The maximum atomic E-state index is 14.2. The van der Waals surface area contributed by atoms with Crippen molar-refractivity contribution in [3.63, 3.8) is 0 Å². The van der Waals surface area contributed by atoms with Gasteiger partial charge in [0.05, 0.1) is 29.4 Å². The molecule has 49 heavy (non-hydrogen) atoms. The molecule has 0 radical (unpaired) electrons. The van der Waals surface area contributed by atoms with Crippen molar-refractivity contribution in [3.8, 4) is 0 Å². The summed E-state index contributed by atoms with van der Waals surface area (Å²) in [5.41, 5.74) is 3.90. The molecule has 0 spiro atoms. The van der Waals surface area contributed by atoms with Gasteiger partial charge in [-0.15, -0.1) is 11.8 Å². The van der Waals surface area contributed by atoms with Gasteiger partial charge in [0.2, 0.25) is 0 Å². The number of halogens is 3.